The molecule has 0 radical (unpaired) electrons. The summed E-state index contributed by atoms with van der Waals surface area (Å²) >= 11 is 0. The summed E-state index contributed by atoms with van der Waals surface area (Å²) in [6.07, 6.45) is 7.46. The highest BCUT2D eigenvalue weighted by molar-refractivity contribution is 6.35. The molecule has 0 aliphatic heterocycles. The van der Waals surface area contributed by atoms with E-state index in [0.717, 1.165) is 49.4 Å². The molecule has 3 aromatic carbocycles. The van der Waals surface area contributed by atoms with E-state index >= 15 is 0 Å². The van der Waals surface area contributed by atoms with Crippen molar-refractivity contribution in [3.63, 3.8) is 0 Å². The number of pyridine rings is 2. The fourth-order valence-corrected chi connectivity index (χ4v) is 4.77. The standard InChI is InChI=1S/C26H15N3O/c1-3-7-21-18(5-1)23-20-15-28-14-11-17(20)26-24(19-6-2-4-8-22(19)30-26)25(23)29(21)16-9-12-27-13-10-16/h1-15H. The number of furan rings is 1. The SMILES string of the molecule is c1ccc2c(c1)oc1c3ccncc3c3c4ccccc4n(-c4ccncc4)c3c21. The van der Waals surface area contributed by atoms with Gasteiger partial charge in [0.15, 0.2) is 0 Å². The van der Waals surface area contributed by atoms with Crippen LogP contribution in [0.15, 0.2) is 95.9 Å². The van der Waals surface area contributed by atoms with Gasteiger partial charge in [-0.25, -0.2) is 0 Å². The molecule has 30 heavy (non-hydrogen) atoms. The van der Waals surface area contributed by atoms with Crippen LogP contribution in [0.25, 0.3) is 60.2 Å². The van der Waals surface area contributed by atoms with Crippen LogP contribution in [0, 0.1) is 0 Å². The summed E-state index contributed by atoms with van der Waals surface area (Å²) in [5.74, 6) is 0. The molecule has 4 heteroatoms. The molecule has 4 aromatic heterocycles. The number of para-hydroxylation sites is 2. The van der Waals surface area contributed by atoms with Gasteiger partial charge >= 0.3 is 0 Å². The molecule has 0 atom stereocenters. The number of aromatic nitrogens is 3. The third-order valence-corrected chi connectivity index (χ3v) is 5.96. The lowest BCUT2D eigenvalue weighted by molar-refractivity contribution is 0.673. The molecule has 140 valence electrons. The largest absolute Gasteiger partial charge is 0.455 e. The minimum absolute atomic E-state index is 0.893. The normalized spacial score (nSPS) is 12.0. The van der Waals surface area contributed by atoms with Crippen LogP contribution in [-0.2, 0) is 0 Å². The Balaban J connectivity index is 1.91. The first-order valence-corrected chi connectivity index (χ1v) is 9.92. The number of hydrogen-bond acceptors (Lipinski definition) is 3. The molecule has 0 N–H and O–H groups in total. The number of rotatable bonds is 1. The second kappa shape index (κ2) is 5.67. The van der Waals surface area contributed by atoms with Crippen molar-refractivity contribution in [2.24, 2.45) is 0 Å². The van der Waals surface area contributed by atoms with E-state index in [-0.39, 0.29) is 0 Å². The van der Waals surface area contributed by atoms with Crippen LogP contribution in [0.4, 0.5) is 0 Å². The second-order valence-electron chi connectivity index (χ2n) is 7.51. The zero-order valence-corrected chi connectivity index (χ0v) is 15.9. The smallest absolute Gasteiger partial charge is 0.145 e. The van der Waals surface area contributed by atoms with Gasteiger partial charge in [-0.1, -0.05) is 36.4 Å². The van der Waals surface area contributed by atoms with Crippen molar-refractivity contribution in [3.8, 4) is 5.69 Å². The summed E-state index contributed by atoms with van der Waals surface area (Å²) in [6.45, 7) is 0. The van der Waals surface area contributed by atoms with E-state index in [9.17, 15) is 0 Å². The third-order valence-electron chi connectivity index (χ3n) is 5.96. The molecule has 4 nitrogen and oxygen atoms in total. The Morgan fingerprint density at radius 3 is 2.30 bits per heavy atom. The van der Waals surface area contributed by atoms with Crippen molar-refractivity contribution in [3.05, 3.63) is 91.5 Å². The predicted molar refractivity (Wildman–Crippen MR) is 121 cm³/mol. The van der Waals surface area contributed by atoms with Gasteiger partial charge in [0.05, 0.1) is 16.4 Å². The lowest BCUT2D eigenvalue weighted by Gasteiger charge is -2.09. The molecule has 0 aliphatic carbocycles. The van der Waals surface area contributed by atoms with Crippen LogP contribution in [0.1, 0.15) is 0 Å². The number of fused-ring (bicyclic) bond motifs is 10. The Morgan fingerprint density at radius 2 is 1.40 bits per heavy atom. The fraction of sp³-hybridized carbons (Fsp3) is 0. The average molecular weight is 385 g/mol. The molecule has 7 aromatic rings. The van der Waals surface area contributed by atoms with Gasteiger partial charge in [0.25, 0.3) is 0 Å². The maximum atomic E-state index is 6.41. The highest BCUT2D eigenvalue weighted by Crippen LogP contribution is 2.45. The van der Waals surface area contributed by atoms with Gasteiger partial charge < -0.3 is 8.98 Å². The topological polar surface area (TPSA) is 43.9 Å². The quantitative estimate of drug-likeness (QED) is 0.319. The Hall–Kier alpha value is -4.18. The van der Waals surface area contributed by atoms with Crippen molar-refractivity contribution in [2.75, 3.05) is 0 Å². The van der Waals surface area contributed by atoms with Crippen LogP contribution >= 0.6 is 0 Å². The Bertz CT molecular complexity index is 1740. The van der Waals surface area contributed by atoms with Gasteiger partial charge in [-0.05, 0) is 30.3 Å². The first-order valence-electron chi connectivity index (χ1n) is 9.92. The summed E-state index contributed by atoms with van der Waals surface area (Å²) in [5.41, 5.74) is 5.17. The molecular weight excluding hydrogens is 370 g/mol. The molecular formula is C26H15N3O. The van der Waals surface area contributed by atoms with E-state index in [4.69, 9.17) is 4.42 Å². The molecule has 7 rings (SSSR count). The number of nitrogens with zero attached hydrogens (tertiary/aromatic N) is 3. The third kappa shape index (κ3) is 1.90. The van der Waals surface area contributed by atoms with Gasteiger partial charge in [0.1, 0.15) is 11.2 Å². The summed E-state index contributed by atoms with van der Waals surface area (Å²) in [6, 6.07) is 23.0. The lowest BCUT2D eigenvalue weighted by Crippen LogP contribution is -1.94. The molecule has 0 saturated carbocycles. The van der Waals surface area contributed by atoms with Crippen LogP contribution in [0.3, 0.4) is 0 Å². The number of hydrogen-bond donors (Lipinski definition) is 0. The van der Waals surface area contributed by atoms with Crippen molar-refractivity contribution < 1.29 is 4.42 Å². The van der Waals surface area contributed by atoms with Crippen molar-refractivity contribution in [2.45, 2.75) is 0 Å². The van der Waals surface area contributed by atoms with Crippen molar-refractivity contribution in [1.82, 2.24) is 14.5 Å². The van der Waals surface area contributed by atoms with Gasteiger partial charge in [0.2, 0.25) is 0 Å². The van der Waals surface area contributed by atoms with E-state index in [1.165, 1.54) is 10.8 Å². The summed E-state index contributed by atoms with van der Waals surface area (Å²) in [4.78, 5) is 8.68. The minimum Gasteiger partial charge on any atom is -0.455 e. The molecule has 0 bridgehead atoms. The highest BCUT2D eigenvalue weighted by atomic mass is 16.3. The first-order chi connectivity index (χ1) is 14.9. The fourth-order valence-electron chi connectivity index (χ4n) is 4.77. The monoisotopic (exact) mass is 385 g/mol. The van der Waals surface area contributed by atoms with Crippen LogP contribution < -0.4 is 0 Å². The van der Waals surface area contributed by atoms with E-state index in [1.807, 2.05) is 49.1 Å². The van der Waals surface area contributed by atoms with Gasteiger partial charge in [-0.15, -0.1) is 0 Å². The zero-order valence-electron chi connectivity index (χ0n) is 15.9. The second-order valence-corrected chi connectivity index (χ2v) is 7.51. The van der Waals surface area contributed by atoms with Gasteiger partial charge in [-0.2, -0.15) is 0 Å². The Kier molecular flexibility index (Phi) is 2.97. The average Bonchev–Trinajstić information content (AvgIpc) is 3.36. The van der Waals surface area contributed by atoms with Gasteiger partial charge in [0, 0.05) is 57.4 Å². The molecule has 0 unspecified atom stereocenters. The minimum atomic E-state index is 0.893. The maximum absolute atomic E-state index is 6.41. The van der Waals surface area contributed by atoms with Crippen molar-refractivity contribution >= 4 is 54.5 Å². The molecule has 0 amide bonds. The molecule has 0 spiro atoms. The number of benzene rings is 3. The summed E-state index contributed by atoms with van der Waals surface area (Å²) < 4.78 is 8.73. The Morgan fingerprint density at radius 1 is 0.633 bits per heavy atom. The van der Waals surface area contributed by atoms with E-state index in [1.54, 1.807) is 0 Å². The molecule has 0 aliphatic rings. The van der Waals surface area contributed by atoms with Crippen LogP contribution in [0.5, 0.6) is 0 Å². The molecule has 0 saturated heterocycles. The van der Waals surface area contributed by atoms with Crippen LogP contribution in [0.2, 0.25) is 0 Å². The van der Waals surface area contributed by atoms with Crippen molar-refractivity contribution in [1.29, 1.82) is 0 Å². The highest BCUT2D eigenvalue weighted by Gasteiger charge is 2.22. The maximum Gasteiger partial charge on any atom is 0.145 e. The predicted octanol–water partition coefficient (Wildman–Crippen LogP) is 6.63. The summed E-state index contributed by atoms with van der Waals surface area (Å²) in [7, 11) is 0. The van der Waals surface area contributed by atoms with Crippen LogP contribution in [-0.4, -0.2) is 14.5 Å². The summed E-state index contributed by atoms with van der Waals surface area (Å²) in [5, 5.41) is 6.84. The lowest BCUT2D eigenvalue weighted by atomic mass is 10.0. The van der Waals surface area contributed by atoms with Gasteiger partial charge in [-0.3, -0.25) is 9.97 Å². The van der Waals surface area contributed by atoms with E-state index in [0.29, 0.717) is 0 Å². The molecule has 0 fully saturated rings. The first kappa shape index (κ1) is 15.7. The Labute approximate surface area is 171 Å². The molecule has 4 heterocycles. The van der Waals surface area contributed by atoms with E-state index in [2.05, 4.69) is 57.0 Å². The zero-order chi connectivity index (χ0) is 19.7. The van der Waals surface area contributed by atoms with E-state index < -0.39 is 0 Å².